The van der Waals surface area contributed by atoms with E-state index in [4.69, 9.17) is 4.74 Å². The Morgan fingerprint density at radius 1 is 1.48 bits per heavy atom. The number of para-hydroxylation sites is 1. The van der Waals surface area contributed by atoms with Crippen LogP contribution >= 0.6 is 34.4 Å². The van der Waals surface area contributed by atoms with Crippen molar-refractivity contribution in [1.29, 1.82) is 0 Å². The van der Waals surface area contributed by atoms with Crippen LogP contribution < -0.4 is 10.1 Å². The molecule has 0 saturated carbocycles. The second-order valence-electron chi connectivity index (χ2n) is 5.69. The van der Waals surface area contributed by atoms with Crippen molar-refractivity contribution in [2.45, 2.75) is 38.2 Å². The number of fused-ring (bicyclic) bond motifs is 1. The third-order valence-corrected chi connectivity index (χ3v) is 5.28. The summed E-state index contributed by atoms with van der Waals surface area (Å²) < 4.78 is 7.11. The van der Waals surface area contributed by atoms with Gasteiger partial charge in [-0.3, -0.25) is 4.79 Å². The summed E-state index contributed by atoms with van der Waals surface area (Å²) >= 11 is 3.72. The number of hydrogen-bond donors (Lipinski definition) is 1. The van der Waals surface area contributed by atoms with Crippen LogP contribution in [0, 0.1) is 15.4 Å². The zero-order valence-electron chi connectivity index (χ0n) is 14.7. The van der Waals surface area contributed by atoms with E-state index in [0.717, 1.165) is 14.5 Å². The Bertz CT molecular complexity index is 831. The van der Waals surface area contributed by atoms with Crippen LogP contribution in [-0.2, 0) is 4.79 Å². The first-order valence-corrected chi connectivity index (χ1v) is 10.3. The minimum atomic E-state index is -0.808. The number of benzene rings is 1. The monoisotopic (exact) mass is 468 g/mol. The molecule has 0 fully saturated rings. The fraction of sp³-hybridized carbons (Fsp3) is 0.368. The second kappa shape index (κ2) is 8.77. The van der Waals surface area contributed by atoms with Gasteiger partial charge in [0.2, 0.25) is 11.8 Å². The maximum atomic E-state index is 11.7. The number of nitrogens with zero attached hydrogens (tertiary/aromatic N) is 1. The molecular formula is C19H21IN2O2S. The number of aromatic nitrogens is 1. The molecule has 1 amide bonds. The molecule has 0 aliphatic rings. The highest BCUT2D eigenvalue weighted by molar-refractivity contribution is 14.1. The summed E-state index contributed by atoms with van der Waals surface area (Å²) in [4.78, 5) is 16.3. The Morgan fingerprint density at radius 3 is 2.84 bits per heavy atom. The fourth-order valence-electron chi connectivity index (χ4n) is 2.44. The van der Waals surface area contributed by atoms with Gasteiger partial charge in [0.25, 0.3) is 0 Å². The van der Waals surface area contributed by atoms with Crippen LogP contribution in [0.25, 0.3) is 10.9 Å². The van der Waals surface area contributed by atoms with Crippen molar-refractivity contribution in [3.63, 3.8) is 0 Å². The van der Waals surface area contributed by atoms with Crippen molar-refractivity contribution in [3.8, 4) is 17.7 Å². The summed E-state index contributed by atoms with van der Waals surface area (Å²) in [6.07, 6.45) is 2.65. The zero-order chi connectivity index (χ0) is 18.4. The number of carbonyl (C=O) groups is 1. The summed E-state index contributed by atoms with van der Waals surface area (Å²) in [5, 5.41) is 4.00. The number of amides is 1. The third-order valence-electron chi connectivity index (χ3n) is 3.51. The van der Waals surface area contributed by atoms with E-state index in [1.807, 2.05) is 50.4 Å². The molecule has 6 heteroatoms. The lowest BCUT2D eigenvalue weighted by atomic mass is 10.0. The number of rotatable bonds is 5. The van der Waals surface area contributed by atoms with Crippen LogP contribution in [0.3, 0.4) is 0 Å². The van der Waals surface area contributed by atoms with Gasteiger partial charge >= 0.3 is 0 Å². The van der Waals surface area contributed by atoms with Gasteiger partial charge in [0.15, 0.2) is 5.44 Å². The first-order chi connectivity index (χ1) is 11.9. The molecule has 2 atom stereocenters. The summed E-state index contributed by atoms with van der Waals surface area (Å²) in [5.41, 5.74) is -0.325. The molecule has 1 aromatic carbocycles. The predicted octanol–water partition coefficient (Wildman–Crippen LogP) is 4.22. The molecule has 0 aliphatic carbocycles. The molecule has 25 heavy (non-hydrogen) atoms. The molecule has 4 nitrogen and oxygen atoms in total. The molecule has 0 bridgehead atoms. The molecule has 2 unspecified atom stereocenters. The number of ether oxygens (including phenoxy) is 1. The largest absolute Gasteiger partial charge is 0.459 e. The van der Waals surface area contributed by atoms with E-state index in [-0.39, 0.29) is 5.91 Å². The average Bonchev–Trinajstić information content (AvgIpc) is 2.57. The molecule has 0 aliphatic heterocycles. The predicted molar refractivity (Wildman–Crippen MR) is 113 cm³/mol. The summed E-state index contributed by atoms with van der Waals surface area (Å²) in [6, 6.07) is 9.96. The molecule has 2 rings (SSSR count). The Morgan fingerprint density at radius 2 is 2.20 bits per heavy atom. The molecule has 0 radical (unpaired) electrons. The second-order valence-corrected chi connectivity index (χ2v) is 7.75. The standard InChI is InChI=1S/C19H21IN2O2S/c1-5-6-11-19(3,22-13(2)23)18(25-4)24-17-15(20)12-14-9-7-8-10-16(14)21-17/h7-10,12,18H,5H2,1-4H3,(H,22,23). The van der Waals surface area contributed by atoms with E-state index >= 15 is 0 Å². The van der Waals surface area contributed by atoms with Crippen molar-refractivity contribution < 1.29 is 9.53 Å². The first-order valence-electron chi connectivity index (χ1n) is 7.93. The lowest BCUT2D eigenvalue weighted by Crippen LogP contribution is -2.54. The summed E-state index contributed by atoms with van der Waals surface area (Å²) in [5.74, 6) is 6.61. The van der Waals surface area contributed by atoms with Crippen LogP contribution in [0.4, 0.5) is 0 Å². The van der Waals surface area contributed by atoms with E-state index in [1.165, 1.54) is 18.7 Å². The molecular weight excluding hydrogens is 447 g/mol. The van der Waals surface area contributed by atoms with Crippen molar-refractivity contribution in [2.24, 2.45) is 0 Å². The van der Waals surface area contributed by atoms with Crippen molar-refractivity contribution in [2.75, 3.05) is 6.26 Å². The Hall–Kier alpha value is -1.46. The molecule has 1 heterocycles. The van der Waals surface area contributed by atoms with E-state index in [0.29, 0.717) is 12.3 Å². The van der Waals surface area contributed by atoms with E-state index in [1.54, 1.807) is 0 Å². The smallest absolute Gasteiger partial charge is 0.228 e. The van der Waals surface area contributed by atoms with Gasteiger partial charge in [-0.2, -0.15) is 0 Å². The molecule has 0 saturated heterocycles. The summed E-state index contributed by atoms with van der Waals surface area (Å²) in [7, 11) is 0. The normalized spacial score (nSPS) is 14.1. The fourth-order valence-corrected chi connectivity index (χ4v) is 3.80. The van der Waals surface area contributed by atoms with E-state index in [9.17, 15) is 4.79 Å². The van der Waals surface area contributed by atoms with Gasteiger partial charge in [-0.05, 0) is 47.9 Å². The van der Waals surface area contributed by atoms with Gasteiger partial charge in [0, 0.05) is 18.7 Å². The van der Waals surface area contributed by atoms with Gasteiger partial charge in [-0.15, -0.1) is 17.7 Å². The SMILES string of the molecule is CCC#CC(C)(NC(C)=O)C(Oc1nc2ccccc2cc1I)SC. The summed E-state index contributed by atoms with van der Waals surface area (Å²) in [6.45, 7) is 5.34. The number of carbonyl (C=O) groups excluding carboxylic acids is 1. The molecule has 1 aromatic heterocycles. The minimum absolute atomic E-state index is 0.142. The highest BCUT2D eigenvalue weighted by Crippen LogP contribution is 2.29. The third kappa shape index (κ3) is 5.02. The lowest BCUT2D eigenvalue weighted by molar-refractivity contribution is -0.120. The molecule has 132 valence electrons. The number of nitrogens with one attached hydrogen (secondary N) is 1. The quantitative estimate of drug-likeness (QED) is 0.406. The van der Waals surface area contributed by atoms with Crippen LogP contribution in [0.2, 0.25) is 0 Å². The van der Waals surface area contributed by atoms with E-state index < -0.39 is 11.0 Å². The molecule has 1 N–H and O–H groups in total. The van der Waals surface area contributed by atoms with Crippen molar-refractivity contribution in [1.82, 2.24) is 10.3 Å². The molecule has 0 spiro atoms. The van der Waals surface area contributed by atoms with Crippen LogP contribution in [0.5, 0.6) is 5.88 Å². The Balaban J connectivity index is 2.39. The van der Waals surface area contributed by atoms with Gasteiger partial charge in [-0.25, -0.2) is 4.98 Å². The van der Waals surface area contributed by atoms with Crippen LogP contribution in [0.15, 0.2) is 30.3 Å². The zero-order valence-corrected chi connectivity index (χ0v) is 17.7. The highest BCUT2D eigenvalue weighted by Gasteiger charge is 2.36. The minimum Gasteiger partial charge on any atom is -0.459 e. The first kappa shape index (κ1) is 19.9. The number of pyridine rings is 1. The Labute approximate surface area is 166 Å². The lowest BCUT2D eigenvalue weighted by Gasteiger charge is -2.32. The van der Waals surface area contributed by atoms with Gasteiger partial charge in [0.05, 0.1) is 9.09 Å². The average molecular weight is 468 g/mol. The van der Waals surface area contributed by atoms with Crippen LogP contribution in [-0.4, -0.2) is 28.1 Å². The Kier molecular flexibility index (Phi) is 6.96. The van der Waals surface area contributed by atoms with E-state index in [2.05, 4.69) is 44.7 Å². The number of thioether (sulfide) groups is 1. The van der Waals surface area contributed by atoms with Gasteiger partial charge in [0.1, 0.15) is 5.54 Å². The number of hydrogen-bond acceptors (Lipinski definition) is 4. The van der Waals surface area contributed by atoms with Gasteiger partial charge in [-0.1, -0.05) is 31.0 Å². The van der Waals surface area contributed by atoms with Crippen LogP contribution in [0.1, 0.15) is 27.2 Å². The van der Waals surface area contributed by atoms with Gasteiger partial charge < -0.3 is 10.1 Å². The maximum absolute atomic E-state index is 11.7. The topological polar surface area (TPSA) is 51.2 Å². The van der Waals surface area contributed by atoms with Crippen molar-refractivity contribution >= 4 is 51.2 Å². The number of halogens is 1. The van der Waals surface area contributed by atoms with Crippen molar-refractivity contribution in [3.05, 3.63) is 33.9 Å². The maximum Gasteiger partial charge on any atom is 0.228 e. The molecule has 2 aromatic rings. The highest BCUT2D eigenvalue weighted by atomic mass is 127.